The highest BCUT2D eigenvalue weighted by atomic mass is 16.5. The molecule has 0 aromatic heterocycles. The van der Waals surface area contributed by atoms with E-state index in [1.54, 1.807) is 23.1 Å². The number of hydrogen-bond donors (Lipinski definition) is 1. The monoisotopic (exact) mass is 462 g/mol. The van der Waals surface area contributed by atoms with Gasteiger partial charge in [-0.25, -0.2) is 0 Å². The van der Waals surface area contributed by atoms with E-state index in [2.05, 4.69) is 25.3 Å². The standard InChI is InChI=1S/C28H34N2O4/c1-5-18-34-23-11-8-10-22(19-23)25-24(26(31)21-14-12-20(4)13-15-21)27(32)28(33)30(25)17-9-16-29(6-2)7-3/h5,8,10-15,19,25,31H,1,6-7,9,16-18H2,2-4H3. The number of hydrogen-bond acceptors (Lipinski definition) is 5. The van der Waals surface area contributed by atoms with Crippen molar-refractivity contribution in [2.24, 2.45) is 0 Å². The van der Waals surface area contributed by atoms with Crippen LogP contribution < -0.4 is 4.74 Å². The number of Topliss-reactive ketones (excluding diaryl/α,β-unsaturated/α-hetero) is 1. The number of ether oxygens (including phenoxy) is 1. The molecule has 0 radical (unpaired) electrons. The summed E-state index contributed by atoms with van der Waals surface area (Å²) in [6, 6.07) is 13.9. The number of rotatable bonds is 11. The summed E-state index contributed by atoms with van der Waals surface area (Å²) < 4.78 is 5.69. The van der Waals surface area contributed by atoms with Crippen molar-refractivity contribution in [2.45, 2.75) is 33.2 Å². The van der Waals surface area contributed by atoms with Gasteiger partial charge in [0.15, 0.2) is 0 Å². The fourth-order valence-electron chi connectivity index (χ4n) is 4.26. The number of aliphatic hydroxyl groups is 1. The molecule has 3 rings (SSSR count). The van der Waals surface area contributed by atoms with Crippen molar-refractivity contribution >= 4 is 17.4 Å². The molecule has 34 heavy (non-hydrogen) atoms. The van der Waals surface area contributed by atoms with Crippen LogP contribution in [0, 0.1) is 6.92 Å². The molecule has 1 fully saturated rings. The topological polar surface area (TPSA) is 70.1 Å². The zero-order valence-electron chi connectivity index (χ0n) is 20.3. The molecule has 1 aliphatic heterocycles. The van der Waals surface area contributed by atoms with Gasteiger partial charge in [0, 0.05) is 12.1 Å². The molecule has 2 aromatic carbocycles. The van der Waals surface area contributed by atoms with Crippen LogP contribution in [0.5, 0.6) is 5.75 Å². The van der Waals surface area contributed by atoms with Crippen LogP contribution in [-0.4, -0.2) is 59.4 Å². The lowest BCUT2D eigenvalue weighted by Gasteiger charge is -2.27. The highest BCUT2D eigenvalue weighted by molar-refractivity contribution is 6.46. The number of benzene rings is 2. The first-order chi connectivity index (χ1) is 16.4. The molecule has 1 heterocycles. The summed E-state index contributed by atoms with van der Waals surface area (Å²) in [4.78, 5) is 30.2. The van der Waals surface area contributed by atoms with E-state index < -0.39 is 17.7 Å². The fraction of sp³-hybridized carbons (Fsp3) is 0.357. The van der Waals surface area contributed by atoms with Crippen molar-refractivity contribution in [1.82, 2.24) is 9.80 Å². The Morgan fingerprint density at radius 3 is 2.50 bits per heavy atom. The van der Waals surface area contributed by atoms with E-state index in [1.807, 2.05) is 43.3 Å². The fourth-order valence-corrected chi connectivity index (χ4v) is 4.26. The maximum Gasteiger partial charge on any atom is 0.295 e. The molecule has 1 saturated heterocycles. The van der Waals surface area contributed by atoms with Gasteiger partial charge in [0.1, 0.15) is 18.1 Å². The lowest BCUT2D eigenvalue weighted by Crippen LogP contribution is -2.33. The van der Waals surface area contributed by atoms with Crippen LogP contribution >= 0.6 is 0 Å². The van der Waals surface area contributed by atoms with Gasteiger partial charge < -0.3 is 19.6 Å². The van der Waals surface area contributed by atoms with Gasteiger partial charge in [-0.2, -0.15) is 0 Å². The van der Waals surface area contributed by atoms with Crippen molar-refractivity contribution < 1.29 is 19.4 Å². The number of carbonyl (C=O) groups is 2. The van der Waals surface area contributed by atoms with Crippen molar-refractivity contribution in [3.05, 3.63) is 83.4 Å². The maximum absolute atomic E-state index is 13.2. The highest BCUT2D eigenvalue weighted by Crippen LogP contribution is 2.40. The Morgan fingerprint density at radius 1 is 1.15 bits per heavy atom. The summed E-state index contributed by atoms with van der Waals surface area (Å²) in [6.07, 6.45) is 2.38. The van der Waals surface area contributed by atoms with E-state index in [1.165, 1.54) is 0 Å². The van der Waals surface area contributed by atoms with Crippen LogP contribution in [0.25, 0.3) is 5.76 Å². The van der Waals surface area contributed by atoms with Gasteiger partial charge >= 0.3 is 0 Å². The van der Waals surface area contributed by atoms with Crippen LogP contribution in [0.2, 0.25) is 0 Å². The van der Waals surface area contributed by atoms with Crippen LogP contribution in [0.4, 0.5) is 0 Å². The quantitative estimate of drug-likeness (QED) is 0.227. The van der Waals surface area contributed by atoms with Crippen LogP contribution in [0.15, 0.2) is 66.8 Å². The molecule has 0 spiro atoms. The van der Waals surface area contributed by atoms with E-state index in [0.29, 0.717) is 24.5 Å². The first-order valence-corrected chi connectivity index (χ1v) is 11.8. The summed E-state index contributed by atoms with van der Waals surface area (Å²) in [5.74, 6) is -0.799. The molecule has 6 heteroatoms. The number of amides is 1. The molecular weight excluding hydrogens is 428 g/mol. The minimum absolute atomic E-state index is 0.109. The second-order valence-corrected chi connectivity index (χ2v) is 8.41. The second-order valence-electron chi connectivity index (χ2n) is 8.41. The van der Waals surface area contributed by atoms with E-state index in [4.69, 9.17) is 4.74 Å². The molecule has 180 valence electrons. The molecular formula is C28H34N2O4. The summed E-state index contributed by atoms with van der Waals surface area (Å²) in [7, 11) is 0. The molecule has 6 nitrogen and oxygen atoms in total. The lowest BCUT2D eigenvalue weighted by atomic mass is 9.95. The van der Waals surface area contributed by atoms with Crippen molar-refractivity contribution in [3.8, 4) is 5.75 Å². The van der Waals surface area contributed by atoms with E-state index in [-0.39, 0.29) is 11.3 Å². The molecule has 1 unspecified atom stereocenters. The number of ketones is 1. The Hall–Kier alpha value is -3.38. The van der Waals surface area contributed by atoms with Gasteiger partial charge in [0.2, 0.25) is 0 Å². The summed E-state index contributed by atoms with van der Waals surface area (Å²) in [6.45, 7) is 13.3. The average molecular weight is 463 g/mol. The molecule has 1 amide bonds. The average Bonchev–Trinajstić information content (AvgIpc) is 3.10. The van der Waals surface area contributed by atoms with E-state index >= 15 is 0 Å². The third-order valence-electron chi connectivity index (χ3n) is 6.17. The molecule has 1 aliphatic rings. The Labute approximate surface area is 202 Å². The third kappa shape index (κ3) is 5.57. The molecule has 2 aromatic rings. The van der Waals surface area contributed by atoms with Crippen LogP contribution in [0.1, 0.15) is 43.0 Å². The number of carbonyl (C=O) groups excluding carboxylic acids is 2. The van der Waals surface area contributed by atoms with Crippen LogP contribution in [0.3, 0.4) is 0 Å². The zero-order valence-corrected chi connectivity index (χ0v) is 20.3. The van der Waals surface area contributed by atoms with Crippen molar-refractivity contribution in [3.63, 3.8) is 0 Å². The Bertz CT molecular complexity index is 1050. The molecule has 1 N–H and O–H groups in total. The second kappa shape index (κ2) is 11.7. The minimum Gasteiger partial charge on any atom is -0.507 e. The van der Waals surface area contributed by atoms with Crippen LogP contribution in [-0.2, 0) is 9.59 Å². The molecule has 0 bridgehead atoms. The van der Waals surface area contributed by atoms with Gasteiger partial charge in [0.05, 0.1) is 11.6 Å². The summed E-state index contributed by atoms with van der Waals surface area (Å²) in [5.41, 5.74) is 2.38. The molecule has 1 atom stereocenters. The maximum atomic E-state index is 13.2. The minimum atomic E-state index is -0.690. The van der Waals surface area contributed by atoms with Gasteiger partial charge in [0.25, 0.3) is 11.7 Å². The first-order valence-electron chi connectivity index (χ1n) is 11.8. The summed E-state index contributed by atoms with van der Waals surface area (Å²) >= 11 is 0. The van der Waals surface area contributed by atoms with Crippen molar-refractivity contribution in [1.29, 1.82) is 0 Å². The third-order valence-corrected chi connectivity index (χ3v) is 6.17. The zero-order chi connectivity index (χ0) is 24.7. The normalized spacial score (nSPS) is 17.4. The Kier molecular flexibility index (Phi) is 8.66. The van der Waals surface area contributed by atoms with E-state index in [9.17, 15) is 14.7 Å². The Balaban J connectivity index is 2.04. The lowest BCUT2D eigenvalue weighted by molar-refractivity contribution is -0.140. The highest BCUT2D eigenvalue weighted by Gasteiger charge is 2.45. The number of nitrogens with zero attached hydrogens (tertiary/aromatic N) is 2. The number of likely N-dealkylation sites (tertiary alicyclic amines) is 1. The SMILES string of the molecule is C=CCOc1cccc(C2C(=C(O)c3ccc(C)cc3)C(=O)C(=O)N2CCCN(CC)CC)c1. The largest absolute Gasteiger partial charge is 0.507 e. The van der Waals surface area contributed by atoms with Gasteiger partial charge in [-0.3, -0.25) is 9.59 Å². The number of aryl methyl sites for hydroxylation is 1. The predicted molar refractivity (Wildman–Crippen MR) is 135 cm³/mol. The van der Waals surface area contributed by atoms with Crippen molar-refractivity contribution in [2.75, 3.05) is 32.8 Å². The number of aliphatic hydroxyl groups excluding tert-OH is 1. The first kappa shape index (κ1) is 25.2. The predicted octanol–water partition coefficient (Wildman–Crippen LogP) is 4.71. The van der Waals surface area contributed by atoms with Gasteiger partial charge in [-0.15, -0.1) is 0 Å². The summed E-state index contributed by atoms with van der Waals surface area (Å²) in [5, 5.41) is 11.2. The van der Waals surface area contributed by atoms with Gasteiger partial charge in [-0.05, 0) is 50.7 Å². The Morgan fingerprint density at radius 2 is 1.85 bits per heavy atom. The van der Waals surface area contributed by atoms with E-state index in [0.717, 1.165) is 37.2 Å². The van der Waals surface area contributed by atoms with Gasteiger partial charge in [-0.1, -0.05) is 68.5 Å². The molecule has 0 saturated carbocycles. The smallest absolute Gasteiger partial charge is 0.295 e. The molecule has 0 aliphatic carbocycles.